The van der Waals surface area contributed by atoms with E-state index in [1.807, 2.05) is 6.92 Å². The van der Waals surface area contributed by atoms with Crippen LogP contribution >= 0.6 is 35.0 Å². The van der Waals surface area contributed by atoms with Crippen molar-refractivity contribution in [1.82, 2.24) is 10.2 Å². The molecule has 7 nitrogen and oxygen atoms in total. The zero-order chi connectivity index (χ0) is 21.5. The number of halogens is 2. The van der Waals surface area contributed by atoms with Crippen molar-refractivity contribution in [1.29, 1.82) is 0 Å². The highest BCUT2D eigenvalue weighted by atomic mass is 35.5. The maximum absolute atomic E-state index is 12.1. The van der Waals surface area contributed by atoms with Gasteiger partial charge in [-0.1, -0.05) is 35.0 Å². The molecule has 158 valence electrons. The molecule has 0 saturated carbocycles. The van der Waals surface area contributed by atoms with Crippen LogP contribution in [0.15, 0.2) is 52.1 Å². The second kappa shape index (κ2) is 10.6. The minimum absolute atomic E-state index is 0.118. The molecule has 0 fully saturated rings. The average molecular weight is 468 g/mol. The molecule has 30 heavy (non-hydrogen) atoms. The first-order valence-electron chi connectivity index (χ1n) is 9.05. The Balaban J connectivity index is 1.50. The highest BCUT2D eigenvalue weighted by molar-refractivity contribution is 7.99. The summed E-state index contributed by atoms with van der Waals surface area (Å²) in [4.78, 5) is 12.1. The lowest BCUT2D eigenvalue weighted by molar-refractivity contribution is -0.113. The summed E-state index contributed by atoms with van der Waals surface area (Å²) in [6.45, 7) is 4.26. The SMILES string of the molecule is CCOc1ccc(NC(=O)CSc2nnc([C@H](C)Oc3ccc(Cl)cc3Cl)o2)cc1. The van der Waals surface area contributed by atoms with Gasteiger partial charge in [0.15, 0.2) is 6.10 Å². The highest BCUT2D eigenvalue weighted by Gasteiger charge is 2.18. The number of nitrogens with zero attached hydrogens (tertiary/aromatic N) is 2. The van der Waals surface area contributed by atoms with E-state index in [4.69, 9.17) is 37.1 Å². The molecule has 0 aliphatic carbocycles. The molecule has 0 aliphatic rings. The minimum Gasteiger partial charge on any atom is -0.494 e. The summed E-state index contributed by atoms with van der Waals surface area (Å²) in [5.41, 5.74) is 0.678. The van der Waals surface area contributed by atoms with E-state index in [1.165, 1.54) is 0 Å². The predicted octanol–water partition coefficient (Wildman–Crippen LogP) is 5.65. The molecule has 0 aliphatic heterocycles. The van der Waals surface area contributed by atoms with Crippen molar-refractivity contribution in [3.63, 3.8) is 0 Å². The topological polar surface area (TPSA) is 86.5 Å². The first-order valence-corrected chi connectivity index (χ1v) is 10.8. The number of carbonyl (C=O) groups excluding carboxylic acids is 1. The van der Waals surface area contributed by atoms with E-state index in [2.05, 4.69) is 15.5 Å². The van der Waals surface area contributed by atoms with Crippen LogP contribution in [0.5, 0.6) is 11.5 Å². The third kappa shape index (κ3) is 6.29. The molecule has 1 aromatic heterocycles. The zero-order valence-corrected chi connectivity index (χ0v) is 18.6. The third-order valence-electron chi connectivity index (χ3n) is 3.74. The lowest BCUT2D eigenvalue weighted by Crippen LogP contribution is -2.13. The minimum atomic E-state index is -0.525. The van der Waals surface area contributed by atoms with Crippen molar-refractivity contribution in [2.45, 2.75) is 25.2 Å². The monoisotopic (exact) mass is 467 g/mol. The molecule has 0 bridgehead atoms. The fraction of sp³-hybridized carbons (Fsp3) is 0.250. The van der Waals surface area contributed by atoms with Crippen LogP contribution in [-0.2, 0) is 4.79 Å². The average Bonchev–Trinajstić information content (AvgIpc) is 3.19. The quantitative estimate of drug-likeness (QED) is 0.407. The van der Waals surface area contributed by atoms with Gasteiger partial charge in [-0.2, -0.15) is 0 Å². The van der Waals surface area contributed by atoms with Gasteiger partial charge in [0.2, 0.25) is 5.91 Å². The number of nitrogens with one attached hydrogen (secondary N) is 1. The maximum Gasteiger partial charge on any atom is 0.277 e. The van der Waals surface area contributed by atoms with Gasteiger partial charge >= 0.3 is 0 Å². The fourth-order valence-corrected chi connectivity index (χ4v) is 3.40. The van der Waals surface area contributed by atoms with Gasteiger partial charge in [0.1, 0.15) is 11.5 Å². The zero-order valence-electron chi connectivity index (χ0n) is 16.2. The standard InChI is InChI=1S/C20H19Cl2N3O4S/c1-3-27-15-7-5-14(6-8-15)23-18(26)11-30-20-25-24-19(29-20)12(2)28-17-9-4-13(21)10-16(17)22/h4-10,12H,3,11H2,1-2H3,(H,23,26)/t12-/m0/s1. The second-order valence-corrected chi connectivity index (χ2v) is 7.81. The molecule has 10 heteroatoms. The van der Waals surface area contributed by atoms with E-state index in [1.54, 1.807) is 49.4 Å². The Morgan fingerprint density at radius 1 is 1.20 bits per heavy atom. The Bertz CT molecular complexity index is 998. The molecule has 0 unspecified atom stereocenters. The molecule has 3 aromatic rings. The molecule has 1 N–H and O–H groups in total. The molecule has 2 aromatic carbocycles. The van der Waals surface area contributed by atoms with Gasteiger partial charge in [-0.05, 0) is 56.3 Å². The van der Waals surface area contributed by atoms with E-state index >= 15 is 0 Å². The number of carbonyl (C=O) groups is 1. The number of hydrogen-bond acceptors (Lipinski definition) is 7. The van der Waals surface area contributed by atoms with Crippen molar-refractivity contribution in [3.8, 4) is 11.5 Å². The van der Waals surface area contributed by atoms with Gasteiger partial charge in [0.25, 0.3) is 11.1 Å². The second-order valence-electron chi connectivity index (χ2n) is 6.04. The van der Waals surface area contributed by atoms with Gasteiger partial charge < -0.3 is 19.2 Å². The first-order chi connectivity index (χ1) is 14.4. The number of anilines is 1. The molecule has 0 spiro atoms. The van der Waals surface area contributed by atoms with Gasteiger partial charge in [-0.15, -0.1) is 10.2 Å². The third-order valence-corrected chi connectivity index (χ3v) is 5.09. The Hall–Kier alpha value is -2.42. The van der Waals surface area contributed by atoms with Crippen LogP contribution in [-0.4, -0.2) is 28.5 Å². The van der Waals surface area contributed by atoms with Crippen LogP contribution in [0, 0.1) is 0 Å². The van der Waals surface area contributed by atoms with Crippen molar-refractivity contribution in [2.75, 3.05) is 17.7 Å². The summed E-state index contributed by atoms with van der Waals surface area (Å²) < 4.78 is 16.7. The molecule has 1 amide bonds. The number of aromatic nitrogens is 2. The first kappa shape index (κ1) is 22.3. The van der Waals surface area contributed by atoms with E-state index in [0.29, 0.717) is 28.1 Å². The summed E-state index contributed by atoms with van der Waals surface area (Å²) in [7, 11) is 0. The molecule has 0 radical (unpaired) electrons. The van der Waals surface area contributed by atoms with Crippen LogP contribution in [0.4, 0.5) is 5.69 Å². The molecule has 1 atom stereocenters. The normalized spacial score (nSPS) is 11.7. The smallest absolute Gasteiger partial charge is 0.277 e. The largest absolute Gasteiger partial charge is 0.494 e. The Morgan fingerprint density at radius 3 is 2.67 bits per heavy atom. The maximum atomic E-state index is 12.1. The number of thioether (sulfide) groups is 1. The molecule has 1 heterocycles. The van der Waals surface area contributed by atoms with Gasteiger partial charge in [-0.25, -0.2) is 0 Å². The van der Waals surface area contributed by atoms with Crippen molar-refractivity contribution >= 4 is 46.6 Å². The molecule has 0 saturated heterocycles. The van der Waals surface area contributed by atoms with Crippen molar-refractivity contribution < 1.29 is 18.7 Å². The number of amides is 1. The van der Waals surface area contributed by atoms with Crippen LogP contribution in [0.1, 0.15) is 25.8 Å². The lowest BCUT2D eigenvalue weighted by atomic mass is 10.3. The highest BCUT2D eigenvalue weighted by Crippen LogP contribution is 2.31. The molecule has 3 rings (SSSR count). The van der Waals surface area contributed by atoms with E-state index < -0.39 is 6.10 Å². The summed E-state index contributed by atoms with van der Waals surface area (Å²) in [5.74, 6) is 1.40. The number of rotatable bonds is 9. The van der Waals surface area contributed by atoms with E-state index in [0.717, 1.165) is 17.5 Å². The van der Waals surface area contributed by atoms with Crippen LogP contribution in [0.25, 0.3) is 0 Å². The number of hydrogen-bond donors (Lipinski definition) is 1. The summed E-state index contributed by atoms with van der Waals surface area (Å²) in [6.07, 6.45) is -0.525. The van der Waals surface area contributed by atoms with E-state index in [9.17, 15) is 4.79 Å². The summed E-state index contributed by atoms with van der Waals surface area (Å²) in [6, 6.07) is 12.1. The predicted molar refractivity (Wildman–Crippen MR) is 117 cm³/mol. The fourth-order valence-electron chi connectivity index (χ4n) is 2.38. The van der Waals surface area contributed by atoms with Gasteiger partial charge in [0.05, 0.1) is 17.4 Å². The van der Waals surface area contributed by atoms with Gasteiger partial charge in [-0.3, -0.25) is 4.79 Å². The summed E-state index contributed by atoms with van der Waals surface area (Å²) >= 11 is 13.1. The molecular weight excluding hydrogens is 449 g/mol. The Kier molecular flexibility index (Phi) is 7.84. The Morgan fingerprint density at radius 2 is 1.97 bits per heavy atom. The van der Waals surface area contributed by atoms with Crippen molar-refractivity contribution in [3.05, 3.63) is 58.4 Å². The van der Waals surface area contributed by atoms with E-state index in [-0.39, 0.29) is 22.8 Å². The molecular formula is C20H19Cl2N3O4S. The van der Waals surface area contributed by atoms with Crippen LogP contribution in [0.3, 0.4) is 0 Å². The number of ether oxygens (including phenoxy) is 2. The summed E-state index contributed by atoms with van der Waals surface area (Å²) in [5, 5.41) is 11.9. The van der Waals surface area contributed by atoms with Crippen LogP contribution in [0.2, 0.25) is 10.0 Å². The Labute approximate surface area is 188 Å². The van der Waals surface area contributed by atoms with Crippen molar-refractivity contribution in [2.24, 2.45) is 0 Å². The van der Waals surface area contributed by atoms with Gasteiger partial charge in [0, 0.05) is 10.7 Å². The number of benzene rings is 2. The van der Waals surface area contributed by atoms with Crippen LogP contribution < -0.4 is 14.8 Å². The lowest BCUT2D eigenvalue weighted by Gasteiger charge is -2.12.